The molecule has 2 aromatic rings. The normalized spacial score (nSPS) is 19.0. The van der Waals surface area contributed by atoms with Crippen LogP contribution in [0.15, 0.2) is 28.8 Å². The predicted molar refractivity (Wildman–Crippen MR) is 75.8 cm³/mol. The largest absolute Gasteiger partial charge is 0.480 e. The molecule has 1 unspecified atom stereocenters. The van der Waals surface area contributed by atoms with E-state index in [1.165, 1.54) is 0 Å². The van der Waals surface area contributed by atoms with Crippen LogP contribution in [-0.2, 0) is 11.3 Å². The first-order valence-corrected chi connectivity index (χ1v) is 7.06. The number of halogens is 1. The van der Waals surface area contributed by atoms with Gasteiger partial charge < -0.3 is 9.63 Å². The van der Waals surface area contributed by atoms with Crippen LogP contribution in [0.2, 0.25) is 5.02 Å². The van der Waals surface area contributed by atoms with Gasteiger partial charge in [-0.1, -0.05) is 22.8 Å². The molecule has 2 heterocycles. The molecule has 21 heavy (non-hydrogen) atoms. The molecular weight excluding hydrogens is 294 g/mol. The van der Waals surface area contributed by atoms with Gasteiger partial charge in [-0.25, -0.2) is 0 Å². The lowest BCUT2D eigenvalue weighted by Gasteiger charge is -2.18. The van der Waals surface area contributed by atoms with Crippen LogP contribution in [-0.4, -0.2) is 38.7 Å². The number of aliphatic carboxylic acids is 1. The maximum Gasteiger partial charge on any atom is 0.320 e. The molecular formula is C14H14ClN3O3. The second-order valence-corrected chi connectivity index (χ2v) is 5.43. The summed E-state index contributed by atoms with van der Waals surface area (Å²) in [6.07, 6.45) is 1.53. The number of hydrogen-bond donors (Lipinski definition) is 1. The highest BCUT2D eigenvalue weighted by atomic mass is 35.5. The van der Waals surface area contributed by atoms with E-state index in [1.54, 1.807) is 12.1 Å². The molecule has 0 bridgehead atoms. The minimum absolute atomic E-state index is 0.376. The molecule has 0 radical (unpaired) electrons. The Bertz CT molecular complexity index is 658. The number of benzene rings is 1. The van der Waals surface area contributed by atoms with E-state index in [4.69, 9.17) is 21.2 Å². The maximum atomic E-state index is 11.1. The summed E-state index contributed by atoms with van der Waals surface area (Å²) < 4.78 is 5.22. The standard InChI is InChI=1S/C14H14ClN3O3/c15-10-4-1-3-9(7-10)13-16-12(17-21-13)8-18-6-2-5-11(18)14(19)20/h1,3-4,7,11H,2,5-6,8H2,(H,19,20). The highest BCUT2D eigenvalue weighted by Gasteiger charge is 2.31. The molecule has 1 saturated heterocycles. The number of aromatic nitrogens is 2. The summed E-state index contributed by atoms with van der Waals surface area (Å²) in [6.45, 7) is 1.11. The van der Waals surface area contributed by atoms with Crippen molar-refractivity contribution in [2.45, 2.75) is 25.4 Å². The quantitative estimate of drug-likeness (QED) is 0.934. The molecule has 1 aromatic carbocycles. The Morgan fingerprint density at radius 3 is 3.14 bits per heavy atom. The summed E-state index contributed by atoms with van der Waals surface area (Å²) >= 11 is 5.93. The van der Waals surface area contributed by atoms with Crippen LogP contribution in [0.4, 0.5) is 0 Å². The maximum absolute atomic E-state index is 11.1. The summed E-state index contributed by atoms with van der Waals surface area (Å²) in [5, 5.41) is 13.7. The Morgan fingerprint density at radius 2 is 2.38 bits per heavy atom. The van der Waals surface area contributed by atoms with E-state index in [1.807, 2.05) is 17.0 Å². The van der Waals surface area contributed by atoms with Gasteiger partial charge in [-0.3, -0.25) is 9.69 Å². The van der Waals surface area contributed by atoms with Crippen LogP contribution < -0.4 is 0 Å². The fourth-order valence-corrected chi connectivity index (χ4v) is 2.72. The second-order valence-electron chi connectivity index (χ2n) is 4.99. The Kier molecular flexibility index (Phi) is 3.90. The molecule has 1 aliphatic heterocycles. The van der Waals surface area contributed by atoms with E-state index >= 15 is 0 Å². The van der Waals surface area contributed by atoms with Crippen molar-refractivity contribution in [3.8, 4) is 11.5 Å². The van der Waals surface area contributed by atoms with E-state index < -0.39 is 12.0 Å². The predicted octanol–water partition coefficient (Wildman–Crippen LogP) is 2.44. The molecule has 1 aliphatic rings. The number of hydrogen-bond acceptors (Lipinski definition) is 5. The van der Waals surface area contributed by atoms with E-state index in [0.717, 1.165) is 18.5 Å². The molecule has 0 amide bonds. The Balaban J connectivity index is 1.75. The molecule has 110 valence electrons. The fraction of sp³-hybridized carbons (Fsp3) is 0.357. The lowest BCUT2D eigenvalue weighted by Crippen LogP contribution is -2.35. The van der Waals surface area contributed by atoms with Gasteiger partial charge in [0.05, 0.1) is 6.54 Å². The minimum Gasteiger partial charge on any atom is -0.480 e. The molecule has 1 N–H and O–H groups in total. The lowest BCUT2D eigenvalue weighted by molar-refractivity contribution is -0.142. The highest BCUT2D eigenvalue weighted by Crippen LogP contribution is 2.23. The second kappa shape index (κ2) is 5.83. The van der Waals surface area contributed by atoms with Crippen LogP contribution in [0.5, 0.6) is 0 Å². The first kappa shape index (κ1) is 14.0. The number of carbonyl (C=O) groups is 1. The van der Waals surface area contributed by atoms with Crippen LogP contribution in [0, 0.1) is 0 Å². The van der Waals surface area contributed by atoms with Crippen LogP contribution in [0.1, 0.15) is 18.7 Å². The SMILES string of the molecule is O=C(O)C1CCCN1Cc1noc(-c2cccc(Cl)c2)n1. The van der Waals surface area contributed by atoms with Gasteiger partial charge in [0.1, 0.15) is 6.04 Å². The first-order valence-electron chi connectivity index (χ1n) is 6.69. The van der Waals surface area contributed by atoms with Crippen molar-refractivity contribution in [3.05, 3.63) is 35.1 Å². The van der Waals surface area contributed by atoms with Crippen molar-refractivity contribution in [2.24, 2.45) is 0 Å². The summed E-state index contributed by atoms with van der Waals surface area (Å²) in [4.78, 5) is 17.3. The van der Waals surface area contributed by atoms with Gasteiger partial charge in [-0.15, -0.1) is 0 Å². The number of carboxylic acids is 1. The number of likely N-dealkylation sites (tertiary alicyclic amines) is 1. The van der Waals surface area contributed by atoms with Gasteiger partial charge >= 0.3 is 5.97 Å². The molecule has 0 saturated carbocycles. The van der Waals surface area contributed by atoms with Crippen LogP contribution >= 0.6 is 11.6 Å². The van der Waals surface area contributed by atoms with Crippen molar-refractivity contribution in [1.82, 2.24) is 15.0 Å². The summed E-state index contributed by atoms with van der Waals surface area (Å²) in [5.41, 5.74) is 0.748. The number of nitrogens with zero attached hydrogens (tertiary/aromatic N) is 3. The van der Waals surface area contributed by atoms with E-state index in [-0.39, 0.29) is 0 Å². The first-order chi connectivity index (χ1) is 10.1. The third-order valence-corrected chi connectivity index (χ3v) is 3.77. The van der Waals surface area contributed by atoms with Gasteiger partial charge in [-0.2, -0.15) is 4.98 Å². The van der Waals surface area contributed by atoms with Gasteiger partial charge in [0.25, 0.3) is 5.89 Å². The lowest BCUT2D eigenvalue weighted by atomic mass is 10.2. The molecule has 1 aromatic heterocycles. The Labute approximate surface area is 126 Å². The third-order valence-electron chi connectivity index (χ3n) is 3.53. The molecule has 3 rings (SSSR count). The smallest absolute Gasteiger partial charge is 0.320 e. The zero-order valence-corrected chi connectivity index (χ0v) is 12.0. The van der Waals surface area contributed by atoms with Crippen molar-refractivity contribution >= 4 is 17.6 Å². The monoisotopic (exact) mass is 307 g/mol. The van der Waals surface area contributed by atoms with Gasteiger partial charge in [0, 0.05) is 10.6 Å². The minimum atomic E-state index is -0.800. The van der Waals surface area contributed by atoms with E-state index in [0.29, 0.717) is 29.7 Å². The molecule has 7 heteroatoms. The van der Waals surface area contributed by atoms with Crippen molar-refractivity contribution in [1.29, 1.82) is 0 Å². The van der Waals surface area contributed by atoms with Crippen LogP contribution in [0.25, 0.3) is 11.5 Å². The van der Waals surface area contributed by atoms with E-state index in [9.17, 15) is 4.79 Å². The Hall–Kier alpha value is -1.92. The molecule has 1 fully saturated rings. The average Bonchev–Trinajstić information content (AvgIpc) is 3.08. The number of rotatable bonds is 4. The summed E-state index contributed by atoms with van der Waals surface area (Å²) in [6, 6.07) is 6.69. The Morgan fingerprint density at radius 1 is 1.52 bits per heavy atom. The highest BCUT2D eigenvalue weighted by molar-refractivity contribution is 6.30. The van der Waals surface area contributed by atoms with Crippen molar-refractivity contribution in [3.63, 3.8) is 0 Å². The molecule has 6 nitrogen and oxygen atoms in total. The zero-order valence-electron chi connectivity index (χ0n) is 11.2. The average molecular weight is 308 g/mol. The van der Waals surface area contributed by atoms with Gasteiger partial charge in [0.2, 0.25) is 0 Å². The number of carboxylic acid groups (broad SMARTS) is 1. The van der Waals surface area contributed by atoms with Crippen molar-refractivity contribution in [2.75, 3.05) is 6.54 Å². The van der Waals surface area contributed by atoms with Crippen molar-refractivity contribution < 1.29 is 14.4 Å². The topological polar surface area (TPSA) is 79.5 Å². The molecule has 1 atom stereocenters. The van der Waals surface area contributed by atoms with Crippen LogP contribution in [0.3, 0.4) is 0 Å². The molecule has 0 spiro atoms. The third kappa shape index (κ3) is 3.06. The summed E-state index contributed by atoms with van der Waals surface area (Å²) in [7, 11) is 0. The zero-order chi connectivity index (χ0) is 14.8. The van der Waals surface area contributed by atoms with Gasteiger partial charge in [0.15, 0.2) is 5.82 Å². The van der Waals surface area contributed by atoms with E-state index in [2.05, 4.69) is 10.1 Å². The fourth-order valence-electron chi connectivity index (χ4n) is 2.53. The van der Waals surface area contributed by atoms with Gasteiger partial charge in [-0.05, 0) is 37.6 Å². The molecule has 0 aliphatic carbocycles. The summed E-state index contributed by atoms with van der Waals surface area (Å²) in [5.74, 6) is 0.0720.